The second kappa shape index (κ2) is 10.9. The Labute approximate surface area is 253 Å². The number of benzene rings is 1. The highest BCUT2D eigenvalue weighted by Crippen LogP contribution is 2.65. The Balaban J connectivity index is 1.85. The number of carbonyl (C=O) groups excluding carboxylic acids is 3. The standard InChI is InChI=1S/C31H41O11P/c1-15-19(34)13-31(37)26(40-27(36)18-10-8-7-9-11-18)24-29(6,25(35)23(39-16(2)32)22(15)28(31,4)5)20(42-43)12-21-30(24,14-38-21)41-17(3)33/h7-11,19-21,23-26,34-35,37H,12-14,43H2,1-6H3/t19-,20-,21+,23+,24?,25-,26-,29+,30-,31+/m0/s1. The summed E-state index contributed by atoms with van der Waals surface area (Å²) in [5.74, 6) is -3.22. The molecule has 3 N–H and O–H groups in total. The Morgan fingerprint density at radius 2 is 1.67 bits per heavy atom. The van der Waals surface area contributed by atoms with E-state index in [-0.39, 0.29) is 25.0 Å². The van der Waals surface area contributed by atoms with Gasteiger partial charge in [-0.15, -0.1) is 0 Å². The minimum atomic E-state index is -2.02. The van der Waals surface area contributed by atoms with Gasteiger partial charge in [0.05, 0.1) is 30.3 Å². The van der Waals surface area contributed by atoms with Gasteiger partial charge in [0.15, 0.2) is 11.7 Å². The lowest BCUT2D eigenvalue weighted by atomic mass is 9.44. The van der Waals surface area contributed by atoms with Crippen molar-refractivity contribution in [3.05, 3.63) is 47.0 Å². The van der Waals surface area contributed by atoms with Crippen molar-refractivity contribution in [2.75, 3.05) is 6.61 Å². The predicted octanol–water partition coefficient (Wildman–Crippen LogP) is 2.26. The smallest absolute Gasteiger partial charge is 0.338 e. The van der Waals surface area contributed by atoms with Crippen molar-refractivity contribution in [2.45, 2.75) is 102 Å². The number of aliphatic hydroxyl groups excluding tert-OH is 2. The Kier molecular flexibility index (Phi) is 8.11. The van der Waals surface area contributed by atoms with Crippen molar-refractivity contribution in [1.82, 2.24) is 0 Å². The topological polar surface area (TPSA) is 158 Å². The van der Waals surface area contributed by atoms with E-state index in [4.69, 9.17) is 23.5 Å². The molecule has 2 saturated carbocycles. The molecule has 4 aliphatic rings. The van der Waals surface area contributed by atoms with Gasteiger partial charge in [0, 0.05) is 47.0 Å². The second-order valence-corrected chi connectivity index (χ2v) is 13.4. The monoisotopic (exact) mass is 620 g/mol. The average Bonchev–Trinajstić information content (AvgIpc) is 2.92. The van der Waals surface area contributed by atoms with Gasteiger partial charge in [-0.3, -0.25) is 9.59 Å². The molecule has 0 aromatic heterocycles. The summed E-state index contributed by atoms with van der Waals surface area (Å²) < 4.78 is 30.0. The number of esters is 3. The van der Waals surface area contributed by atoms with Gasteiger partial charge in [-0.2, -0.15) is 0 Å². The summed E-state index contributed by atoms with van der Waals surface area (Å²) in [7, 11) is 2.20. The zero-order valence-electron chi connectivity index (χ0n) is 25.2. The third-order valence-electron chi connectivity index (χ3n) is 10.6. The first-order chi connectivity index (χ1) is 20.1. The first-order valence-electron chi connectivity index (χ1n) is 14.5. The van der Waals surface area contributed by atoms with Gasteiger partial charge in [0.2, 0.25) is 0 Å². The van der Waals surface area contributed by atoms with Gasteiger partial charge < -0.3 is 38.8 Å². The number of carbonyl (C=O) groups is 3. The summed E-state index contributed by atoms with van der Waals surface area (Å²) in [5.41, 5.74) is -5.35. The lowest BCUT2D eigenvalue weighted by molar-refractivity contribution is -0.362. The Hall–Kier alpha value is -2.40. The van der Waals surface area contributed by atoms with Crippen LogP contribution in [0.3, 0.4) is 0 Å². The molecule has 0 amide bonds. The lowest BCUT2D eigenvalue weighted by Crippen LogP contribution is -2.82. The lowest BCUT2D eigenvalue weighted by Gasteiger charge is -2.69. The highest BCUT2D eigenvalue weighted by atomic mass is 31.0. The van der Waals surface area contributed by atoms with Crippen LogP contribution in [-0.4, -0.2) is 87.7 Å². The number of aliphatic hydroxyl groups is 3. The summed E-state index contributed by atoms with van der Waals surface area (Å²) in [6.45, 7) is 9.12. The molecular formula is C31H41O11P. The molecule has 43 heavy (non-hydrogen) atoms. The molecule has 1 saturated heterocycles. The van der Waals surface area contributed by atoms with Crippen LogP contribution in [0.5, 0.6) is 0 Å². The third kappa shape index (κ3) is 4.58. The highest BCUT2D eigenvalue weighted by Gasteiger charge is 2.78. The van der Waals surface area contributed by atoms with Gasteiger partial charge >= 0.3 is 17.9 Å². The fourth-order valence-electron chi connectivity index (χ4n) is 8.33. The molecular weight excluding hydrogens is 579 g/mol. The van der Waals surface area contributed by atoms with Crippen molar-refractivity contribution >= 4 is 27.4 Å². The van der Waals surface area contributed by atoms with Crippen molar-refractivity contribution in [3.8, 4) is 0 Å². The number of hydrogen-bond donors (Lipinski definition) is 3. The highest BCUT2D eigenvalue weighted by molar-refractivity contribution is 7.09. The first kappa shape index (κ1) is 32.0. The van der Waals surface area contributed by atoms with Crippen LogP contribution in [0.15, 0.2) is 41.5 Å². The number of hydrogen-bond acceptors (Lipinski definition) is 11. The molecule has 2 bridgehead atoms. The van der Waals surface area contributed by atoms with Crippen LogP contribution in [0.4, 0.5) is 0 Å². The van der Waals surface area contributed by atoms with Crippen LogP contribution in [-0.2, 0) is 33.1 Å². The molecule has 2 unspecified atom stereocenters. The van der Waals surface area contributed by atoms with E-state index in [0.29, 0.717) is 11.1 Å². The average molecular weight is 621 g/mol. The zero-order chi connectivity index (χ0) is 31.7. The Bertz CT molecular complexity index is 1330. The molecule has 11 atom stereocenters. The molecule has 3 fully saturated rings. The summed E-state index contributed by atoms with van der Waals surface area (Å²) in [6.07, 6.45) is -7.20. The predicted molar refractivity (Wildman–Crippen MR) is 154 cm³/mol. The molecule has 0 radical (unpaired) electrons. The SMILES string of the molecule is CC(=O)O[C@@H]1C2=C(C)[C@@H](O)C[C@@](O)([C@@H](OC(=O)c3ccccc3)C3[C@@](C)([C@@H](OP)C[C@H]4OC[C@@]34OC(C)=O)[C@H]1O)C2(C)C. The molecule has 236 valence electrons. The largest absolute Gasteiger partial charge is 0.455 e. The molecule has 0 spiro atoms. The Morgan fingerprint density at radius 1 is 1.02 bits per heavy atom. The molecule has 1 aromatic carbocycles. The van der Waals surface area contributed by atoms with Gasteiger partial charge in [0.1, 0.15) is 23.9 Å². The van der Waals surface area contributed by atoms with E-state index in [1.165, 1.54) is 13.8 Å². The summed E-state index contributed by atoms with van der Waals surface area (Å²) in [6, 6.07) is 8.24. The van der Waals surface area contributed by atoms with Gasteiger partial charge in [-0.25, -0.2) is 4.79 Å². The third-order valence-corrected chi connectivity index (χ3v) is 10.9. The maximum atomic E-state index is 13.8. The van der Waals surface area contributed by atoms with Crippen molar-refractivity contribution in [3.63, 3.8) is 0 Å². The molecule has 1 heterocycles. The molecule has 5 rings (SSSR count). The van der Waals surface area contributed by atoms with E-state index in [1.54, 1.807) is 58.0 Å². The van der Waals surface area contributed by atoms with Crippen LogP contribution >= 0.6 is 9.47 Å². The fourth-order valence-corrected chi connectivity index (χ4v) is 8.73. The van der Waals surface area contributed by atoms with Crippen LogP contribution in [0, 0.1) is 16.7 Å². The van der Waals surface area contributed by atoms with E-state index < -0.39 is 82.5 Å². The van der Waals surface area contributed by atoms with Crippen molar-refractivity contribution in [2.24, 2.45) is 16.7 Å². The molecule has 12 heteroatoms. The molecule has 1 aromatic rings. The van der Waals surface area contributed by atoms with Crippen LogP contribution in [0.1, 0.15) is 64.7 Å². The van der Waals surface area contributed by atoms with E-state index in [9.17, 15) is 29.7 Å². The summed E-state index contributed by atoms with van der Waals surface area (Å²) >= 11 is 0. The van der Waals surface area contributed by atoms with E-state index >= 15 is 0 Å². The van der Waals surface area contributed by atoms with Gasteiger partial charge in [-0.05, 0) is 30.2 Å². The number of fused-ring (bicyclic) bond motifs is 5. The van der Waals surface area contributed by atoms with Gasteiger partial charge in [0.25, 0.3) is 0 Å². The van der Waals surface area contributed by atoms with E-state index in [0.717, 1.165) is 0 Å². The van der Waals surface area contributed by atoms with E-state index in [1.807, 2.05) is 0 Å². The Morgan fingerprint density at radius 3 is 2.21 bits per heavy atom. The fraction of sp³-hybridized carbons (Fsp3) is 0.645. The maximum absolute atomic E-state index is 13.8. The van der Waals surface area contributed by atoms with Crippen molar-refractivity contribution in [1.29, 1.82) is 0 Å². The normalized spacial score (nSPS) is 41.4. The maximum Gasteiger partial charge on any atom is 0.338 e. The number of ether oxygens (including phenoxy) is 4. The second-order valence-electron chi connectivity index (χ2n) is 13.1. The summed E-state index contributed by atoms with van der Waals surface area (Å²) in [5, 5.41) is 36.8. The summed E-state index contributed by atoms with van der Waals surface area (Å²) in [4.78, 5) is 39.0. The molecule has 11 nitrogen and oxygen atoms in total. The minimum Gasteiger partial charge on any atom is -0.455 e. The first-order valence-corrected chi connectivity index (χ1v) is 14.9. The van der Waals surface area contributed by atoms with Gasteiger partial charge in [-0.1, -0.05) is 39.0 Å². The zero-order valence-corrected chi connectivity index (χ0v) is 26.4. The van der Waals surface area contributed by atoms with Crippen LogP contribution in [0.2, 0.25) is 0 Å². The van der Waals surface area contributed by atoms with Crippen LogP contribution < -0.4 is 0 Å². The van der Waals surface area contributed by atoms with Crippen LogP contribution in [0.25, 0.3) is 0 Å². The van der Waals surface area contributed by atoms with E-state index in [2.05, 4.69) is 9.47 Å². The minimum absolute atomic E-state index is 0.105. The molecule has 3 aliphatic carbocycles. The number of rotatable bonds is 5. The van der Waals surface area contributed by atoms with Crippen molar-refractivity contribution < 1.29 is 53.2 Å². The quantitative estimate of drug-likeness (QED) is 0.192. The molecule has 1 aliphatic heterocycles.